The van der Waals surface area contributed by atoms with Gasteiger partial charge in [-0.3, -0.25) is 4.79 Å². The quantitative estimate of drug-likeness (QED) is 0.452. The lowest BCUT2D eigenvalue weighted by atomic mass is 10.1. The summed E-state index contributed by atoms with van der Waals surface area (Å²) in [6.07, 6.45) is 6.16. The van der Waals surface area contributed by atoms with Crippen molar-refractivity contribution in [1.82, 2.24) is 14.0 Å². The number of para-hydroxylation sites is 3. The van der Waals surface area contributed by atoms with Crippen molar-refractivity contribution >= 4 is 39.1 Å². The van der Waals surface area contributed by atoms with Crippen LogP contribution in [0.3, 0.4) is 0 Å². The number of nitrogens with zero attached hydrogens (tertiary/aromatic N) is 3. The maximum Gasteiger partial charge on any atom is 0.319 e. The van der Waals surface area contributed by atoms with E-state index < -0.39 is 11.9 Å². The third-order valence-electron chi connectivity index (χ3n) is 6.38. The summed E-state index contributed by atoms with van der Waals surface area (Å²) in [6.45, 7) is 0.574. The standard InChI is InChI=1S/C25H24N4O2S/c26-25(31)21-11-7-17-29(21,20-10-3-2-9-19(20)28-15-5-6-16-28)24(30)14-13-23-27-18-8-1-4-12-22(18)32-23/h1-6,8-10,12,15-16,21H,7,11,13-14,17H2,(H-,26,31)/p+1/t21-,29?/m0/s1. The van der Waals surface area contributed by atoms with Crippen LogP contribution in [0.15, 0.2) is 73.1 Å². The van der Waals surface area contributed by atoms with Crippen molar-refractivity contribution in [3.63, 3.8) is 0 Å². The van der Waals surface area contributed by atoms with Gasteiger partial charge in [0.2, 0.25) is 0 Å². The number of quaternary nitrogens is 1. The number of aromatic nitrogens is 2. The van der Waals surface area contributed by atoms with E-state index in [1.807, 2.05) is 77.6 Å². The molecule has 1 unspecified atom stereocenters. The van der Waals surface area contributed by atoms with E-state index in [1.54, 1.807) is 11.3 Å². The Bertz CT molecular complexity index is 1250. The fraction of sp³-hybridized carbons (Fsp3) is 0.240. The van der Waals surface area contributed by atoms with Gasteiger partial charge in [-0.25, -0.2) is 14.3 Å². The van der Waals surface area contributed by atoms with Crippen molar-refractivity contribution in [2.45, 2.75) is 31.7 Å². The molecule has 0 spiro atoms. The third kappa shape index (κ3) is 3.43. The molecule has 3 heterocycles. The number of likely N-dealkylation sites (tertiary alicyclic amines) is 1. The molecule has 1 saturated heterocycles. The summed E-state index contributed by atoms with van der Waals surface area (Å²) in [5.41, 5.74) is 8.54. The Morgan fingerprint density at radius 2 is 1.81 bits per heavy atom. The number of primary amides is 1. The molecule has 5 rings (SSSR count). The van der Waals surface area contributed by atoms with E-state index in [9.17, 15) is 9.59 Å². The minimum absolute atomic E-state index is 0.0187. The number of nitrogens with two attached hydrogens (primary N) is 1. The highest BCUT2D eigenvalue weighted by atomic mass is 32.1. The predicted molar refractivity (Wildman–Crippen MR) is 128 cm³/mol. The molecule has 2 amide bonds. The smallest absolute Gasteiger partial charge is 0.319 e. The maximum absolute atomic E-state index is 13.9. The molecular weight excluding hydrogens is 420 g/mol. The lowest BCUT2D eigenvalue weighted by Gasteiger charge is -2.36. The van der Waals surface area contributed by atoms with Crippen LogP contribution in [0.4, 0.5) is 5.69 Å². The lowest BCUT2D eigenvalue weighted by molar-refractivity contribution is -0.136. The highest BCUT2D eigenvalue weighted by molar-refractivity contribution is 7.18. The molecule has 1 aliphatic rings. The minimum atomic E-state index is -0.561. The van der Waals surface area contributed by atoms with Crippen LogP contribution >= 0.6 is 11.3 Å². The maximum atomic E-state index is 13.9. The number of carbonyl (C=O) groups is 2. The van der Waals surface area contributed by atoms with Crippen LogP contribution < -0.4 is 10.2 Å². The normalized spacial score (nSPS) is 20.6. The van der Waals surface area contributed by atoms with Crippen molar-refractivity contribution in [2.24, 2.45) is 5.73 Å². The molecule has 0 saturated carbocycles. The van der Waals surface area contributed by atoms with E-state index in [0.717, 1.165) is 33.0 Å². The first kappa shape index (κ1) is 20.6. The second-order valence-electron chi connectivity index (χ2n) is 8.20. The Morgan fingerprint density at radius 1 is 1.06 bits per heavy atom. The molecule has 6 nitrogen and oxygen atoms in total. The van der Waals surface area contributed by atoms with Crippen LogP contribution in [0.5, 0.6) is 0 Å². The number of amides is 2. The van der Waals surface area contributed by atoms with E-state index in [4.69, 9.17) is 5.73 Å². The number of rotatable bonds is 6. The van der Waals surface area contributed by atoms with Gasteiger partial charge in [-0.2, -0.15) is 0 Å². The van der Waals surface area contributed by atoms with E-state index in [0.29, 0.717) is 25.8 Å². The Kier molecular flexibility index (Phi) is 5.36. The van der Waals surface area contributed by atoms with Gasteiger partial charge >= 0.3 is 5.91 Å². The predicted octanol–water partition coefficient (Wildman–Crippen LogP) is 4.20. The van der Waals surface area contributed by atoms with Crippen molar-refractivity contribution in [3.8, 4) is 5.69 Å². The largest absolute Gasteiger partial charge is 0.364 e. The number of thiazole rings is 1. The lowest BCUT2D eigenvalue weighted by Crippen LogP contribution is -2.62. The Balaban J connectivity index is 1.53. The Hall–Kier alpha value is -3.29. The second-order valence-corrected chi connectivity index (χ2v) is 9.32. The van der Waals surface area contributed by atoms with Crippen LogP contribution in [-0.4, -0.2) is 34.0 Å². The summed E-state index contributed by atoms with van der Waals surface area (Å²) in [4.78, 5) is 31.1. The molecular formula is C25H25N4O2S+. The van der Waals surface area contributed by atoms with Gasteiger partial charge in [0.15, 0.2) is 11.7 Å². The fourth-order valence-corrected chi connectivity index (χ4v) is 5.91. The summed E-state index contributed by atoms with van der Waals surface area (Å²) in [7, 11) is 0. The van der Waals surface area contributed by atoms with E-state index >= 15 is 0 Å². The van der Waals surface area contributed by atoms with Crippen LogP contribution in [0.1, 0.15) is 24.3 Å². The van der Waals surface area contributed by atoms with Gasteiger partial charge < -0.3 is 10.3 Å². The van der Waals surface area contributed by atoms with Crippen LogP contribution in [0.25, 0.3) is 15.9 Å². The average molecular weight is 446 g/mol. The first-order chi connectivity index (χ1) is 15.6. The molecule has 0 aliphatic carbocycles. The minimum Gasteiger partial charge on any atom is -0.364 e. The monoisotopic (exact) mass is 445 g/mol. The molecule has 1 fully saturated rings. The molecule has 2 N–H and O–H groups in total. The number of hydrogen-bond acceptors (Lipinski definition) is 4. The molecule has 0 bridgehead atoms. The van der Waals surface area contributed by atoms with Gasteiger partial charge in [0.25, 0.3) is 5.91 Å². The molecule has 2 atom stereocenters. The Labute approximate surface area is 190 Å². The topological polar surface area (TPSA) is 78.0 Å². The second kappa shape index (κ2) is 8.33. The van der Waals surface area contributed by atoms with Gasteiger partial charge in [-0.1, -0.05) is 24.3 Å². The molecule has 4 aromatic rings. The molecule has 7 heteroatoms. The SMILES string of the molecule is NC(=O)[C@@H]1CCC[N+]1(C(=O)CCc1nc2ccccc2s1)c1ccccc1-n1cccc1. The molecule has 32 heavy (non-hydrogen) atoms. The third-order valence-corrected chi connectivity index (χ3v) is 7.48. The molecule has 2 aromatic carbocycles. The summed E-state index contributed by atoms with van der Waals surface area (Å²) >= 11 is 1.62. The van der Waals surface area contributed by atoms with Crippen LogP contribution in [0, 0.1) is 0 Å². The Morgan fingerprint density at radius 3 is 2.59 bits per heavy atom. The van der Waals surface area contributed by atoms with E-state index in [1.165, 1.54) is 0 Å². The first-order valence-electron chi connectivity index (χ1n) is 10.9. The summed E-state index contributed by atoms with van der Waals surface area (Å²) in [5, 5.41) is 0.936. The molecule has 2 aromatic heterocycles. The van der Waals surface area contributed by atoms with Gasteiger partial charge in [-0.15, -0.1) is 11.3 Å². The zero-order valence-corrected chi connectivity index (χ0v) is 18.5. The highest BCUT2D eigenvalue weighted by Crippen LogP contribution is 2.40. The van der Waals surface area contributed by atoms with Gasteiger partial charge in [0.05, 0.1) is 28.2 Å². The number of benzene rings is 2. The fourth-order valence-electron chi connectivity index (χ4n) is 4.95. The number of hydrogen-bond donors (Lipinski definition) is 1. The zero-order chi connectivity index (χ0) is 22.1. The number of aryl methyl sites for hydroxylation is 1. The number of carbonyl (C=O) groups excluding carboxylic acids is 2. The first-order valence-corrected chi connectivity index (χ1v) is 11.7. The van der Waals surface area contributed by atoms with E-state index in [2.05, 4.69) is 4.98 Å². The van der Waals surface area contributed by atoms with E-state index in [-0.39, 0.29) is 10.4 Å². The van der Waals surface area contributed by atoms with Gasteiger partial charge in [0, 0.05) is 37.7 Å². The summed E-state index contributed by atoms with van der Waals surface area (Å²) in [6, 6.07) is 19.2. The molecule has 1 aliphatic heterocycles. The zero-order valence-electron chi connectivity index (χ0n) is 17.7. The van der Waals surface area contributed by atoms with Crippen molar-refractivity contribution in [2.75, 3.05) is 6.54 Å². The summed E-state index contributed by atoms with van der Waals surface area (Å²) in [5.74, 6) is -0.400. The van der Waals surface area contributed by atoms with Gasteiger partial charge in [0.1, 0.15) is 5.69 Å². The van der Waals surface area contributed by atoms with Crippen molar-refractivity contribution in [3.05, 3.63) is 78.1 Å². The number of fused-ring (bicyclic) bond motifs is 1. The van der Waals surface area contributed by atoms with Gasteiger partial charge in [-0.05, 0) is 30.3 Å². The molecule has 0 radical (unpaired) electrons. The highest BCUT2D eigenvalue weighted by Gasteiger charge is 2.53. The van der Waals surface area contributed by atoms with Crippen LogP contribution in [-0.2, 0) is 16.0 Å². The van der Waals surface area contributed by atoms with Crippen LogP contribution in [0.2, 0.25) is 0 Å². The average Bonchev–Trinajstić information content (AvgIpc) is 3.56. The van der Waals surface area contributed by atoms with Crippen molar-refractivity contribution < 1.29 is 9.59 Å². The van der Waals surface area contributed by atoms with Crippen molar-refractivity contribution in [1.29, 1.82) is 0 Å². The summed E-state index contributed by atoms with van der Waals surface area (Å²) < 4.78 is 3.09. The molecule has 162 valence electrons.